The number of hydrogen-bond acceptors (Lipinski definition) is 6. The topological polar surface area (TPSA) is 93.4 Å². The van der Waals surface area contributed by atoms with Gasteiger partial charge in [-0.1, -0.05) is 36.4 Å². The van der Waals surface area contributed by atoms with Crippen LogP contribution in [0.15, 0.2) is 82.4 Å². The zero-order valence-corrected chi connectivity index (χ0v) is 18.3. The molecule has 2 atom stereocenters. The summed E-state index contributed by atoms with van der Waals surface area (Å²) in [6.45, 7) is 1.97. The average molecular weight is 445 g/mol. The normalized spacial score (nSPS) is 12.9. The van der Waals surface area contributed by atoms with E-state index in [4.69, 9.17) is 10.5 Å². The van der Waals surface area contributed by atoms with Crippen molar-refractivity contribution in [1.82, 2.24) is 5.32 Å². The maximum atomic E-state index is 13.8. The first-order valence-electron chi connectivity index (χ1n) is 10.5. The minimum atomic E-state index is -0.671. The number of hydrogen-bond donors (Lipinski definition) is 3. The number of nitrogens with one attached hydrogen (secondary N) is 2. The lowest BCUT2D eigenvalue weighted by Gasteiger charge is -2.25. The summed E-state index contributed by atoms with van der Waals surface area (Å²) in [5.41, 5.74) is 7.74. The van der Waals surface area contributed by atoms with Crippen molar-refractivity contribution in [3.8, 4) is 5.75 Å². The quantitative estimate of drug-likeness (QED) is 0.352. The third-order valence-electron chi connectivity index (χ3n) is 5.65. The standard InChI is InChI=1S/C26H24FN3O3/c1-15(17-5-3-7-19(27)13-17)29-23(16-9-11-21(33-2)12-10-16)18-6-4-8-20(14-18)30-24-22(28)25(31)26(24)32/h3-15,23,29-30H,28H2,1-2H3/t15-,23?/m0/s1. The average Bonchev–Trinajstić information content (AvgIpc) is 2.85. The first-order chi connectivity index (χ1) is 15.9. The fraction of sp³-hybridized carbons (Fsp3) is 0.154. The molecule has 1 unspecified atom stereocenters. The molecule has 0 bridgehead atoms. The Morgan fingerprint density at radius 3 is 2.24 bits per heavy atom. The molecule has 4 N–H and O–H groups in total. The predicted octanol–water partition coefficient (Wildman–Crippen LogP) is 4.20. The highest BCUT2D eigenvalue weighted by Crippen LogP contribution is 2.30. The molecule has 0 saturated heterocycles. The molecular formula is C26H24FN3O3. The van der Waals surface area contributed by atoms with Crippen molar-refractivity contribution >= 4 is 17.1 Å². The molecule has 0 aromatic heterocycles. The number of nitrogen functional groups attached to an aromatic ring is 1. The third kappa shape index (κ3) is 4.63. The first-order valence-corrected chi connectivity index (χ1v) is 10.5. The van der Waals surface area contributed by atoms with Crippen LogP contribution in [0.3, 0.4) is 0 Å². The number of anilines is 3. The summed E-state index contributed by atoms with van der Waals surface area (Å²) < 4.78 is 19.1. The van der Waals surface area contributed by atoms with Gasteiger partial charge in [-0.3, -0.25) is 14.9 Å². The van der Waals surface area contributed by atoms with Gasteiger partial charge in [-0.15, -0.1) is 0 Å². The molecule has 0 radical (unpaired) electrons. The Balaban J connectivity index is 1.68. The Labute approximate surface area is 190 Å². The Morgan fingerprint density at radius 1 is 0.879 bits per heavy atom. The van der Waals surface area contributed by atoms with Crippen LogP contribution in [0.4, 0.5) is 21.5 Å². The highest BCUT2D eigenvalue weighted by molar-refractivity contribution is 5.76. The number of ether oxygens (including phenoxy) is 1. The van der Waals surface area contributed by atoms with Crippen LogP contribution in [0, 0.1) is 5.82 Å². The minimum Gasteiger partial charge on any atom is -0.497 e. The fourth-order valence-electron chi connectivity index (χ4n) is 3.78. The van der Waals surface area contributed by atoms with Crippen LogP contribution in [-0.4, -0.2) is 7.11 Å². The molecule has 4 aromatic carbocycles. The van der Waals surface area contributed by atoms with Gasteiger partial charge in [-0.25, -0.2) is 4.39 Å². The summed E-state index contributed by atoms with van der Waals surface area (Å²) in [5, 5.41) is 6.52. The van der Waals surface area contributed by atoms with E-state index < -0.39 is 10.9 Å². The monoisotopic (exact) mass is 445 g/mol. The van der Waals surface area contributed by atoms with Gasteiger partial charge in [0, 0.05) is 11.7 Å². The van der Waals surface area contributed by atoms with Crippen LogP contribution in [0.5, 0.6) is 5.75 Å². The van der Waals surface area contributed by atoms with Crippen molar-refractivity contribution in [2.24, 2.45) is 0 Å². The number of benzene rings is 3. The van der Waals surface area contributed by atoms with Crippen molar-refractivity contribution in [2.45, 2.75) is 19.0 Å². The minimum absolute atomic E-state index is 0.0602. The van der Waals surface area contributed by atoms with E-state index in [0.29, 0.717) is 5.69 Å². The van der Waals surface area contributed by atoms with Crippen molar-refractivity contribution in [3.63, 3.8) is 0 Å². The first kappa shape index (κ1) is 22.2. The van der Waals surface area contributed by atoms with Gasteiger partial charge in [0.2, 0.25) is 0 Å². The molecule has 0 fully saturated rings. The van der Waals surface area contributed by atoms with Gasteiger partial charge >= 0.3 is 0 Å². The van der Waals surface area contributed by atoms with Crippen molar-refractivity contribution in [2.75, 3.05) is 18.2 Å². The second-order valence-corrected chi connectivity index (χ2v) is 7.85. The van der Waals surface area contributed by atoms with Crippen molar-refractivity contribution in [3.05, 3.63) is 116 Å². The highest BCUT2D eigenvalue weighted by atomic mass is 19.1. The second kappa shape index (κ2) is 9.26. The van der Waals surface area contributed by atoms with Gasteiger partial charge in [-0.2, -0.15) is 0 Å². The van der Waals surface area contributed by atoms with Gasteiger partial charge in [-0.05, 0) is 60.0 Å². The van der Waals surface area contributed by atoms with Gasteiger partial charge in [0.05, 0.1) is 13.2 Å². The lowest BCUT2D eigenvalue weighted by atomic mass is 9.96. The number of halogens is 1. The maximum absolute atomic E-state index is 13.8. The smallest absolute Gasteiger partial charge is 0.253 e. The van der Waals surface area contributed by atoms with E-state index >= 15 is 0 Å². The van der Waals surface area contributed by atoms with Crippen LogP contribution in [0.25, 0.3) is 0 Å². The fourth-order valence-corrected chi connectivity index (χ4v) is 3.78. The molecule has 33 heavy (non-hydrogen) atoms. The molecule has 0 heterocycles. The zero-order chi connectivity index (χ0) is 23.5. The van der Waals surface area contributed by atoms with Crippen LogP contribution < -0.4 is 32.0 Å². The molecule has 0 aliphatic carbocycles. The molecular weight excluding hydrogens is 421 g/mol. The molecule has 0 spiro atoms. The second-order valence-electron chi connectivity index (χ2n) is 7.85. The number of nitrogens with two attached hydrogens (primary N) is 1. The lowest BCUT2D eigenvalue weighted by Crippen LogP contribution is -2.36. The molecule has 168 valence electrons. The van der Waals surface area contributed by atoms with Crippen molar-refractivity contribution < 1.29 is 9.13 Å². The largest absolute Gasteiger partial charge is 0.497 e. The summed E-state index contributed by atoms with van der Waals surface area (Å²) in [4.78, 5) is 23.2. The SMILES string of the molecule is COc1ccc(C(N[C@@H](C)c2cccc(F)c2)c2cccc(Nc3c(N)c(=O)c3=O)c2)cc1. The summed E-state index contributed by atoms with van der Waals surface area (Å²) in [7, 11) is 1.61. The molecule has 0 aliphatic heterocycles. The van der Waals surface area contributed by atoms with E-state index in [9.17, 15) is 14.0 Å². The number of methoxy groups -OCH3 is 1. The van der Waals surface area contributed by atoms with Crippen LogP contribution in [0.1, 0.15) is 35.7 Å². The van der Waals surface area contributed by atoms with Crippen molar-refractivity contribution in [1.29, 1.82) is 0 Å². The molecule has 6 nitrogen and oxygen atoms in total. The van der Waals surface area contributed by atoms with E-state index in [2.05, 4.69) is 10.6 Å². The van der Waals surface area contributed by atoms with Gasteiger partial charge in [0.25, 0.3) is 10.9 Å². The summed E-state index contributed by atoms with van der Waals surface area (Å²) in [5.74, 6) is 0.445. The molecule has 7 heteroatoms. The van der Waals surface area contributed by atoms with Crippen LogP contribution in [-0.2, 0) is 0 Å². The zero-order valence-electron chi connectivity index (χ0n) is 18.3. The molecule has 0 amide bonds. The Kier molecular flexibility index (Phi) is 6.24. The van der Waals surface area contributed by atoms with E-state index in [1.54, 1.807) is 19.2 Å². The third-order valence-corrected chi connectivity index (χ3v) is 5.65. The van der Waals surface area contributed by atoms with Crippen LogP contribution >= 0.6 is 0 Å². The van der Waals surface area contributed by atoms with Gasteiger partial charge < -0.3 is 15.8 Å². The molecule has 4 rings (SSSR count). The highest BCUT2D eigenvalue weighted by Gasteiger charge is 2.21. The number of rotatable bonds is 8. The molecule has 0 saturated carbocycles. The van der Waals surface area contributed by atoms with E-state index in [1.807, 2.05) is 55.5 Å². The summed E-state index contributed by atoms with van der Waals surface area (Å²) in [6, 6.07) is 21.2. The van der Waals surface area contributed by atoms with Crippen LogP contribution in [0.2, 0.25) is 0 Å². The Hall–Kier alpha value is -3.97. The van der Waals surface area contributed by atoms with Gasteiger partial charge in [0.1, 0.15) is 22.9 Å². The summed E-state index contributed by atoms with van der Waals surface area (Å²) >= 11 is 0. The lowest BCUT2D eigenvalue weighted by molar-refractivity contribution is 0.414. The molecule has 4 aromatic rings. The summed E-state index contributed by atoms with van der Waals surface area (Å²) in [6.07, 6.45) is 0. The van der Waals surface area contributed by atoms with Gasteiger partial charge in [0.15, 0.2) is 0 Å². The van der Waals surface area contributed by atoms with E-state index in [0.717, 1.165) is 22.4 Å². The molecule has 0 aliphatic rings. The Morgan fingerprint density at radius 2 is 1.58 bits per heavy atom. The van der Waals surface area contributed by atoms with E-state index in [-0.39, 0.29) is 29.3 Å². The Bertz CT molecular complexity index is 1340. The van der Waals surface area contributed by atoms with E-state index in [1.165, 1.54) is 12.1 Å². The predicted molar refractivity (Wildman–Crippen MR) is 128 cm³/mol. The maximum Gasteiger partial charge on any atom is 0.253 e.